The van der Waals surface area contributed by atoms with Gasteiger partial charge in [-0.3, -0.25) is 0 Å². The Morgan fingerprint density at radius 1 is 1.35 bits per heavy atom. The van der Waals surface area contributed by atoms with Crippen LogP contribution in [-0.2, 0) is 6.42 Å². The van der Waals surface area contributed by atoms with E-state index < -0.39 is 0 Å². The number of carbonyl (C=O) groups excluding carboxylic acids is 1. The van der Waals surface area contributed by atoms with Crippen molar-refractivity contribution in [1.29, 1.82) is 0 Å². The Bertz CT molecular complexity index is 594. The maximum atomic E-state index is 12.4. The highest BCUT2D eigenvalue weighted by Crippen LogP contribution is 2.31. The maximum absolute atomic E-state index is 12.4. The first-order valence-electron chi connectivity index (χ1n) is 8.25. The van der Waals surface area contributed by atoms with E-state index in [4.69, 9.17) is 11.2 Å². The number of carbonyl (C=O) groups is 1. The van der Waals surface area contributed by atoms with Crippen molar-refractivity contribution < 1.29 is 9.53 Å². The molecular weight excluding hydrogens is 288 g/mol. The SMILES string of the molecule is C#CCN1CCCc2ccc(OC(=O)N(C(C)C)C(C)C)cc21. The summed E-state index contributed by atoms with van der Waals surface area (Å²) in [7, 11) is 0. The van der Waals surface area contributed by atoms with E-state index in [0.717, 1.165) is 25.1 Å². The van der Waals surface area contributed by atoms with Crippen molar-refractivity contribution in [2.75, 3.05) is 18.0 Å². The van der Waals surface area contributed by atoms with Crippen LogP contribution in [0.25, 0.3) is 0 Å². The van der Waals surface area contributed by atoms with Crippen molar-refractivity contribution in [3.63, 3.8) is 0 Å². The molecule has 1 heterocycles. The second-order valence-electron chi connectivity index (χ2n) is 6.48. The van der Waals surface area contributed by atoms with Crippen LogP contribution in [-0.4, -0.2) is 36.2 Å². The molecule has 1 amide bonds. The second-order valence-corrected chi connectivity index (χ2v) is 6.48. The lowest BCUT2D eigenvalue weighted by Gasteiger charge is -2.31. The van der Waals surface area contributed by atoms with Gasteiger partial charge in [-0.2, -0.15) is 0 Å². The lowest BCUT2D eigenvalue weighted by molar-refractivity contribution is 0.122. The third-order valence-electron chi connectivity index (χ3n) is 4.08. The van der Waals surface area contributed by atoms with Gasteiger partial charge in [-0.25, -0.2) is 4.79 Å². The molecule has 124 valence electrons. The molecule has 23 heavy (non-hydrogen) atoms. The number of benzene rings is 1. The number of rotatable bonds is 4. The molecule has 0 aliphatic carbocycles. The van der Waals surface area contributed by atoms with Gasteiger partial charge in [0.05, 0.1) is 6.54 Å². The standard InChI is InChI=1S/C19H26N2O2/c1-6-11-20-12-7-8-16-9-10-17(13-18(16)20)23-19(22)21(14(2)3)15(4)5/h1,9-10,13-15H,7-8,11-12H2,2-5H3. The van der Waals surface area contributed by atoms with Crippen molar-refractivity contribution in [3.05, 3.63) is 23.8 Å². The zero-order valence-corrected chi connectivity index (χ0v) is 14.5. The first-order valence-corrected chi connectivity index (χ1v) is 8.25. The highest BCUT2D eigenvalue weighted by atomic mass is 16.6. The van der Waals surface area contributed by atoms with Crippen LogP contribution in [0.2, 0.25) is 0 Å². The molecule has 4 nitrogen and oxygen atoms in total. The zero-order chi connectivity index (χ0) is 17.0. The minimum absolute atomic E-state index is 0.0954. The first-order chi connectivity index (χ1) is 10.9. The van der Waals surface area contributed by atoms with E-state index in [1.807, 2.05) is 45.9 Å². The number of hydrogen-bond acceptors (Lipinski definition) is 3. The third kappa shape index (κ3) is 3.98. The molecule has 0 unspecified atom stereocenters. The predicted molar refractivity (Wildman–Crippen MR) is 93.9 cm³/mol. The van der Waals surface area contributed by atoms with Crippen LogP contribution in [0.15, 0.2) is 18.2 Å². The summed E-state index contributed by atoms with van der Waals surface area (Å²) >= 11 is 0. The highest BCUT2D eigenvalue weighted by molar-refractivity contribution is 5.72. The van der Waals surface area contributed by atoms with E-state index >= 15 is 0 Å². The summed E-state index contributed by atoms with van der Waals surface area (Å²) in [5.74, 6) is 3.27. The molecule has 0 N–H and O–H groups in total. The number of anilines is 1. The molecule has 0 spiro atoms. The Hall–Kier alpha value is -2.15. The quantitative estimate of drug-likeness (QED) is 0.795. The fourth-order valence-electron chi connectivity index (χ4n) is 3.14. The van der Waals surface area contributed by atoms with Crippen LogP contribution in [0.1, 0.15) is 39.7 Å². The molecule has 0 aromatic heterocycles. The second kappa shape index (κ2) is 7.41. The molecule has 1 aliphatic rings. The van der Waals surface area contributed by atoms with Crippen LogP contribution in [0.4, 0.5) is 10.5 Å². The zero-order valence-electron chi connectivity index (χ0n) is 14.5. The van der Waals surface area contributed by atoms with E-state index in [-0.39, 0.29) is 18.2 Å². The molecule has 1 aromatic rings. The Kier molecular flexibility index (Phi) is 5.54. The van der Waals surface area contributed by atoms with Crippen LogP contribution in [0.3, 0.4) is 0 Å². The fourth-order valence-corrected chi connectivity index (χ4v) is 3.14. The minimum Gasteiger partial charge on any atom is -0.410 e. The molecule has 0 radical (unpaired) electrons. The molecule has 1 aromatic carbocycles. The highest BCUT2D eigenvalue weighted by Gasteiger charge is 2.23. The van der Waals surface area contributed by atoms with Crippen molar-refractivity contribution in [3.8, 4) is 18.1 Å². The summed E-state index contributed by atoms with van der Waals surface area (Å²) in [5.41, 5.74) is 2.34. The van der Waals surface area contributed by atoms with Gasteiger partial charge in [0, 0.05) is 30.4 Å². The van der Waals surface area contributed by atoms with E-state index in [1.54, 1.807) is 4.90 Å². The molecular formula is C19H26N2O2. The lowest BCUT2D eigenvalue weighted by Crippen LogP contribution is -2.43. The van der Waals surface area contributed by atoms with Crippen LogP contribution in [0.5, 0.6) is 5.75 Å². The average Bonchev–Trinajstić information content (AvgIpc) is 2.47. The van der Waals surface area contributed by atoms with Gasteiger partial charge < -0.3 is 14.5 Å². The molecule has 0 saturated carbocycles. The largest absolute Gasteiger partial charge is 0.415 e. The summed E-state index contributed by atoms with van der Waals surface area (Å²) in [6, 6.07) is 6.03. The van der Waals surface area contributed by atoms with Crippen LogP contribution < -0.4 is 9.64 Å². The van der Waals surface area contributed by atoms with Gasteiger partial charge in [-0.15, -0.1) is 6.42 Å². The predicted octanol–water partition coefficient (Wildman–Crippen LogP) is 3.69. The van der Waals surface area contributed by atoms with E-state index in [1.165, 1.54) is 5.56 Å². The smallest absolute Gasteiger partial charge is 0.410 e. The monoisotopic (exact) mass is 314 g/mol. The first kappa shape index (κ1) is 17.2. The molecule has 1 aliphatic heterocycles. The van der Waals surface area contributed by atoms with Gasteiger partial charge in [0.1, 0.15) is 5.75 Å². The number of amides is 1. The van der Waals surface area contributed by atoms with E-state index in [9.17, 15) is 4.79 Å². The molecule has 2 rings (SSSR count). The van der Waals surface area contributed by atoms with Crippen molar-refractivity contribution >= 4 is 11.8 Å². The number of terminal acetylenes is 1. The summed E-state index contributed by atoms with van der Waals surface area (Å²) in [5, 5.41) is 0. The Morgan fingerprint density at radius 3 is 2.65 bits per heavy atom. The van der Waals surface area contributed by atoms with Gasteiger partial charge in [-0.05, 0) is 52.2 Å². The van der Waals surface area contributed by atoms with Gasteiger partial charge in [-0.1, -0.05) is 12.0 Å². The number of hydrogen-bond donors (Lipinski definition) is 0. The summed E-state index contributed by atoms with van der Waals surface area (Å²) in [4.78, 5) is 16.3. The Morgan fingerprint density at radius 2 is 2.04 bits per heavy atom. The number of aryl methyl sites for hydroxylation is 1. The van der Waals surface area contributed by atoms with Gasteiger partial charge in [0.2, 0.25) is 0 Å². The summed E-state index contributed by atoms with van der Waals surface area (Å²) in [6.45, 7) is 9.48. The fraction of sp³-hybridized carbons (Fsp3) is 0.526. The van der Waals surface area contributed by atoms with Gasteiger partial charge in [0.15, 0.2) is 0 Å². The van der Waals surface area contributed by atoms with Crippen LogP contribution in [0, 0.1) is 12.3 Å². The normalized spacial score (nSPS) is 13.7. The topological polar surface area (TPSA) is 32.8 Å². The summed E-state index contributed by atoms with van der Waals surface area (Å²) in [6.07, 6.45) is 7.28. The Balaban J connectivity index is 2.20. The van der Waals surface area contributed by atoms with E-state index in [0.29, 0.717) is 12.3 Å². The van der Waals surface area contributed by atoms with Crippen LogP contribution >= 0.6 is 0 Å². The number of nitrogens with zero attached hydrogens (tertiary/aromatic N) is 2. The molecule has 4 heteroatoms. The average molecular weight is 314 g/mol. The van der Waals surface area contributed by atoms with Crippen molar-refractivity contribution in [1.82, 2.24) is 4.90 Å². The molecule has 0 atom stereocenters. The summed E-state index contributed by atoms with van der Waals surface area (Å²) < 4.78 is 5.60. The molecule has 0 bridgehead atoms. The van der Waals surface area contributed by atoms with Gasteiger partial charge in [0.25, 0.3) is 0 Å². The molecule has 0 fully saturated rings. The number of fused-ring (bicyclic) bond motifs is 1. The minimum atomic E-state index is -0.311. The van der Waals surface area contributed by atoms with E-state index in [2.05, 4.69) is 10.8 Å². The van der Waals surface area contributed by atoms with Gasteiger partial charge >= 0.3 is 6.09 Å². The Labute approximate surface area is 139 Å². The third-order valence-corrected chi connectivity index (χ3v) is 4.08. The molecule has 0 saturated heterocycles. The number of ether oxygens (including phenoxy) is 1. The van der Waals surface area contributed by atoms with Crippen molar-refractivity contribution in [2.24, 2.45) is 0 Å². The lowest BCUT2D eigenvalue weighted by atomic mass is 10.0. The van der Waals surface area contributed by atoms with Crippen molar-refractivity contribution in [2.45, 2.75) is 52.6 Å². The maximum Gasteiger partial charge on any atom is 0.415 e.